The molecule has 19 heavy (non-hydrogen) atoms. The Kier molecular flexibility index (Phi) is 5.20. The lowest BCUT2D eigenvalue weighted by Crippen LogP contribution is -2.39. The van der Waals surface area contributed by atoms with E-state index < -0.39 is 0 Å². The van der Waals surface area contributed by atoms with Gasteiger partial charge in [0.25, 0.3) is 0 Å². The second-order valence-corrected chi connectivity index (χ2v) is 5.86. The van der Waals surface area contributed by atoms with Crippen LogP contribution in [0, 0.1) is 5.82 Å². The largest absolute Gasteiger partial charge is 0.317 e. The molecule has 0 aliphatic heterocycles. The Morgan fingerprint density at radius 1 is 1.32 bits per heavy atom. The lowest BCUT2D eigenvalue weighted by molar-refractivity contribution is 0.170. The van der Waals surface area contributed by atoms with Crippen molar-refractivity contribution >= 4 is 11.6 Å². The number of hydrogen-bond acceptors (Lipinski definition) is 2. The molecule has 1 N–H and O–H groups in total. The maximum Gasteiger partial charge on any atom is 0.141 e. The molecule has 1 aromatic rings. The van der Waals surface area contributed by atoms with Gasteiger partial charge in [0.15, 0.2) is 0 Å². The summed E-state index contributed by atoms with van der Waals surface area (Å²) in [5.41, 5.74) is 1.07. The Morgan fingerprint density at radius 2 is 2.00 bits per heavy atom. The van der Waals surface area contributed by atoms with Crippen LogP contribution in [0.5, 0.6) is 0 Å². The minimum atomic E-state index is -0.345. The molecule has 0 radical (unpaired) electrons. The molecule has 0 unspecified atom stereocenters. The molecule has 0 saturated heterocycles. The molecule has 2 rings (SSSR count). The highest BCUT2D eigenvalue weighted by Crippen LogP contribution is 2.24. The molecule has 106 valence electrons. The van der Waals surface area contributed by atoms with Gasteiger partial charge in [0, 0.05) is 18.6 Å². The Bertz CT molecular complexity index is 417. The van der Waals surface area contributed by atoms with Crippen LogP contribution in [0.15, 0.2) is 18.2 Å². The van der Waals surface area contributed by atoms with Crippen molar-refractivity contribution in [2.24, 2.45) is 0 Å². The fourth-order valence-corrected chi connectivity index (χ4v) is 3.06. The van der Waals surface area contributed by atoms with Gasteiger partial charge in [0.2, 0.25) is 0 Å². The standard InChI is InChI=1S/C15H22ClFN2/c1-18-12-4-6-13(7-5-12)19(2)10-11-3-8-15(17)14(16)9-11/h3,8-9,12-13,18H,4-7,10H2,1-2H3. The Balaban J connectivity index is 1.90. The topological polar surface area (TPSA) is 15.3 Å². The average molecular weight is 285 g/mol. The van der Waals surface area contributed by atoms with Crippen molar-refractivity contribution in [3.63, 3.8) is 0 Å². The normalized spacial score (nSPS) is 23.8. The van der Waals surface area contributed by atoms with Gasteiger partial charge in [-0.3, -0.25) is 4.90 Å². The monoisotopic (exact) mass is 284 g/mol. The fraction of sp³-hybridized carbons (Fsp3) is 0.600. The van der Waals surface area contributed by atoms with Crippen LogP contribution < -0.4 is 5.32 Å². The average Bonchev–Trinajstić information content (AvgIpc) is 2.43. The smallest absolute Gasteiger partial charge is 0.141 e. The van der Waals surface area contributed by atoms with E-state index in [2.05, 4.69) is 17.3 Å². The molecule has 1 aliphatic carbocycles. The molecule has 0 amide bonds. The van der Waals surface area contributed by atoms with Crippen LogP contribution in [-0.4, -0.2) is 31.1 Å². The summed E-state index contributed by atoms with van der Waals surface area (Å²) >= 11 is 5.82. The maximum absolute atomic E-state index is 13.1. The van der Waals surface area contributed by atoms with E-state index in [1.54, 1.807) is 6.07 Å². The first-order valence-corrected chi connectivity index (χ1v) is 7.29. The van der Waals surface area contributed by atoms with Crippen molar-refractivity contribution in [2.45, 2.75) is 44.3 Å². The van der Waals surface area contributed by atoms with Gasteiger partial charge in [0.05, 0.1) is 5.02 Å². The summed E-state index contributed by atoms with van der Waals surface area (Å²) in [6, 6.07) is 6.28. The highest BCUT2D eigenvalue weighted by atomic mass is 35.5. The lowest BCUT2D eigenvalue weighted by Gasteiger charge is -2.34. The molecule has 4 heteroatoms. The molecule has 2 nitrogen and oxygen atoms in total. The first-order valence-electron chi connectivity index (χ1n) is 6.91. The van der Waals surface area contributed by atoms with E-state index in [0.717, 1.165) is 12.1 Å². The summed E-state index contributed by atoms with van der Waals surface area (Å²) in [5.74, 6) is -0.345. The van der Waals surface area contributed by atoms with Gasteiger partial charge in [-0.05, 0) is 57.5 Å². The molecule has 0 atom stereocenters. The number of halogens is 2. The van der Waals surface area contributed by atoms with Crippen molar-refractivity contribution < 1.29 is 4.39 Å². The molecular weight excluding hydrogens is 263 g/mol. The Labute approximate surface area is 119 Å². The van der Waals surface area contributed by atoms with Crippen LogP contribution in [0.3, 0.4) is 0 Å². The molecule has 0 spiro atoms. The fourth-order valence-electron chi connectivity index (χ4n) is 2.86. The zero-order valence-electron chi connectivity index (χ0n) is 11.6. The van der Waals surface area contributed by atoms with Gasteiger partial charge in [0.1, 0.15) is 5.82 Å². The summed E-state index contributed by atoms with van der Waals surface area (Å²) in [7, 11) is 4.18. The highest BCUT2D eigenvalue weighted by molar-refractivity contribution is 6.30. The third kappa shape index (κ3) is 3.91. The Hall–Kier alpha value is -0.640. The van der Waals surface area contributed by atoms with Gasteiger partial charge in [-0.1, -0.05) is 17.7 Å². The first-order chi connectivity index (χ1) is 9.10. The summed E-state index contributed by atoms with van der Waals surface area (Å²) < 4.78 is 13.1. The summed E-state index contributed by atoms with van der Waals surface area (Å²) in [6.45, 7) is 0.828. The second-order valence-electron chi connectivity index (χ2n) is 5.46. The van der Waals surface area contributed by atoms with Gasteiger partial charge >= 0.3 is 0 Å². The quantitative estimate of drug-likeness (QED) is 0.911. The molecule has 1 aliphatic rings. The zero-order chi connectivity index (χ0) is 13.8. The number of benzene rings is 1. The second kappa shape index (κ2) is 6.69. The number of hydrogen-bond donors (Lipinski definition) is 1. The van der Waals surface area contributed by atoms with Crippen LogP contribution in [0.2, 0.25) is 5.02 Å². The van der Waals surface area contributed by atoms with Gasteiger partial charge < -0.3 is 5.32 Å². The third-order valence-corrected chi connectivity index (χ3v) is 4.43. The molecular formula is C15H22ClFN2. The van der Waals surface area contributed by atoms with E-state index in [1.165, 1.54) is 31.7 Å². The lowest BCUT2D eigenvalue weighted by atomic mass is 9.90. The number of rotatable bonds is 4. The zero-order valence-corrected chi connectivity index (χ0v) is 12.4. The van der Waals surface area contributed by atoms with Crippen LogP contribution in [0.4, 0.5) is 4.39 Å². The van der Waals surface area contributed by atoms with Gasteiger partial charge in [-0.25, -0.2) is 4.39 Å². The van der Waals surface area contributed by atoms with E-state index >= 15 is 0 Å². The van der Waals surface area contributed by atoms with Gasteiger partial charge in [-0.2, -0.15) is 0 Å². The third-order valence-electron chi connectivity index (χ3n) is 4.14. The van der Waals surface area contributed by atoms with E-state index in [4.69, 9.17) is 11.6 Å². The molecule has 0 bridgehead atoms. The first kappa shape index (κ1) is 14.8. The number of nitrogens with one attached hydrogen (secondary N) is 1. The number of nitrogens with zero attached hydrogens (tertiary/aromatic N) is 1. The van der Waals surface area contributed by atoms with Crippen molar-refractivity contribution in [1.29, 1.82) is 0 Å². The van der Waals surface area contributed by atoms with E-state index in [0.29, 0.717) is 12.1 Å². The summed E-state index contributed by atoms with van der Waals surface area (Å²) in [6.07, 6.45) is 4.90. The molecule has 0 aromatic heterocycles. The predicted molar refractivity (Wildman–Crippen MR) is 78.0 cm³/mol. The van der Waals surface area contributed by atoms with Crippen molar-refractivity contribution in [3.05, 3.63) is 34.6 Å². The van der Waals surface area contributed by atoms with Crippen molar-refractivity contribution in [1.82, 2.24) is 10.2 Å². The highest BCUT2D eigenvalue weighted by Gasteiger charge is 2.23. The van der Waals surface area contributed by atoms with Crippen LogP contribution in [0.25, 0.3) is 0 Å². The minimum Gasteiger partial charge on any atom is -0.317 e. The Morgan fingerprint density at radius 3 is 2.58 bits per heavy atom. The van der Waals surface area contributed by atoms with E-state index in [-0.39, 0.29) is 10.8 Å². The molecule has 1 fully saturated rings. The summed E-state index contributed by atoms with van der Waals surface area (Å²) in [4.78, 5) is 2.36. The minimum absolute atomic E-state index is 0.213. The molecule has 1 aromatic carbocycles. The van der Waals surface area contributed by atoms with Gasteiger partial charge in [-0.15, -0.1) is 0 Å². The maximum atomic E-state index is 13.1. The van der Waals surface area contributed by atoms with Crippen LogP contribution >= 0.6 is 11.6 Å². The van der Waals surface area contributed by atoms with Crippen LogP contribution in [-0.2, 0) is 6.54 Å². The van der Waals surface area contributed by atoms with E-state index in [9.17, 15) is 4.39 Å². The molecule has 1 saturated carbocycles. The van der Waals surface area contributed by atoms with Crippen molar-refractivity contribution in [3.8, 4) is 0 Å². The predicted octanol–water partition coefficient (Wildman–Crippen LogP) is 3.44. The van der Waals surface area contributed by atoms with E-state index in [1.807, 2.05) is 13.1 Å². The molecule has 0 heterocycles. The SMILES string of the molecule is CNC1CCC(N(C)Cc2ccc(F)c(Cl)c2)CC1. The van der Waals surface area contributed by atoms with Crippen molar-refractivity contribution in [2.75, 3.05) is 14.1 Å². The summed E-state index contributed by atoms with van der Waals surface area (Å²) in [5, 5.41) is 3.56. The van der Waals surface area contributed by atoms with Crippen LogP contribution in [0.1, 0.15) is 31.2 Å².